The van der Waals surface area contributed by atoms with Crippen molar-refractivity contribution in [2.75, 3.05) is 0 Å². The van der Waals surface area contributed by atoms with Crippen LogP contribution in [0.4, 0.5) is 0 Å². The van der Waals surface area contributed by atoms with Gasteiger partial charge in [-0.3, -0.25) is 14.4 Å². The molecule has 7 nitrogen and oxygen atoms in total. The normalized spacial score (nSPS) is 11.8. The van der Waals surface area contributed by atoms with Crippen molar-refractivity contribution in [2.45, 2.75) is 26.0 Å². The molecule has 1 aromatic rings. The fraction of sp³-hybridized carbons (Fsp3) is 0.308. The van der Waals surface area contributed by atoms with E-state index in [2.05, 4.69) is 5.32 Å². The quantitative estimate of drug-likeness (QED) is 0.633. The van der Waals surface area contributed by atoms with Crippen LogP contribution < -0.4 is 21.5 Å². The Bertz CT molecular complexity index is 563. The molecule has 8 heteroatoms. The number of hydrogen-bond donors (Lipinski definition) is 3. The second kappa shape index (κ2) is 6.94. The molecular formula is C13H16ClN3O4. The van der Waals surface area contributed by atoms with Gasteiger partial charge in [0, 0.05) is 5.02 Å². The standard InChI is InChI=1S/C13H16ClN3O4/c1-6-5-8(3-4-9(6)14)21-7(2)13(20)17-10(11(15)18)12(16)19/h3-5,7,10H,1-2H3,(H2,15,18)(H2,16,19)(H,17,20)/t7-/m1/s1. The molecule has 3 amide bonds. The van der Waals surface area contributed by atoms with Crippen molar-refractivity contribution in [2.24, 2.45) is 11.5 Å². The van der Waals surface area contributed by atoms with Gasteiger partial charge in [0.2, 0.25) is 11.8 Å². The lowest BCUT2D eigenvalue weighted by atomic mass is 10.2. The fourth-order valence-electron chi connectivity index (χ4n) is 1.49. The molecule has 1 atom stereocenters. The van der Waals surface area contributed by atoms with Gasteiger partial charge in [-0.25, -0.2) is 0 Å². The Hall–Kier alpha value is -2.28. The van der Waals surface area contributed by atoms with E-state index in [1.54, 1.807) is 25.1 Å². The molecule has 0 radical (unpaired) electrons. The van der Waals surface area contributed by atoms with E-state index in [9.17, 15) is 14.4 Å². The number of primary amides is 2. The van der Waals surface area contributed by atoms with Gasteiger partial charge in [0.1, 0.15) is 5.75 Å². The molecule has 5 N–H and O–H groups in total. The largest absolute Gasteiger partial charge is 0.481 e. The highest BCUT2D eigenvalue weighted by atomic mass is 35.5. The lowest BCUT2D eigenvalue weighted by Crippen LogP contribution is -2.54. The van der Waals surface area contributed by atoms with Crippen molar-refractivity contribution >= 4 is 29.3 Å². The van der Waals surface area contributed by atoms with Crippen LogP contribution in [0.3, 0.4) is 0 Å². The summed E-state index contributed by atoms with van der Waals surface area (Å²) in [6.07, 6.45) is -0.952. The van der Waals surface area contributed by atoms with Gasteiger partial charge in [0.05, 0.1) is 0 Å². The monoisotopic (exact) mass is 313 g/mol. The number of benzene rings is 1. The van der Waals surface area contributed by atoms with E-state index in [0.29, 0.717) is 10.8 Å². The number of nitrogens with one attached hydrogen (secondary N) is 1. The number of amides is 3. The predicted molar refractivity (Wildman–Crippen MR) is 76.6 cm³/mol. The molecule has 0 aliphatic carbocycles. The predicted octanol–water partition coefficient (Wildman–Crippen LogP) is -0.129. The van der Waals surface area contributed by atoms with Crippen LogP contribution >= 0.6 is 11.6 Å². The van der Waals surface area contributed by atoms with Crippen LogP contribution in [0.15, 0.2) is 18.2 Å². The second-order valence-corrected chi connectivity index (χ2v) is 4.82. The number of aryl methyl sites for hydroxylation is 1. The summed E-state index contributed by atoms with van der Waals surface area (Å²) < 4.78 is 5.40. The Morgan fingerprint density at radius 1 is 1.24 bits per heavy atom. The van der Waals surface area contributed by atoms with Crippen LogP contribution in [-0.2, 0) is 14.4 Å². The maximum atomic E-state index is 11.8. The van der Waals surface area contributed by atoms with Crippen LogP contribution in [0.25, 0.3) is 0 Å². The van der Waals surface area contributed by atoms with Crippen LogP contribution in [0.1, 0.15) is 12.5 Å². The molecule has 0 saturated carbocycles. The molecule has 0 unspecified atom stereocenters. The zero-order valence-electron chi connectivity index (χ0n) is 11.6. The minimum atomic E-state index is -1.57. The third kappa shape index (κ3) is 4.64. The zero-order valence-corrected chi connectivity index (χ0v) is 12.3. The van der Waals surface area contributed by atoms with Crippen molar-refractivity contribution in [3.8, 4) is 5.75 Å². The molecule has 0 spiro atoms. The number of halogens is 1. The number of carbonyl (C=O) groups is 3. The van der Waals surface area contributed by atoms with E-state index in [1.165, 1.54) is 6.92 Å². The maximum Gasteiger partial charge on any atom is 0.261 e. The van der Waals surface area contributed by atoms with Crippen molar-refractivity contribution in [1.82, 2.24) is 5.32 Å². The molecule has 0 bridgehead atoms. The van der Waals surface area contributed by atoms with Crippen molar-refractivity contribution in [3.05, 3.63) is 28.8 Å². The van der Waals surface area contributed by atoms with E-state index in [1.807, 2.05) is 0 Å². The zero-order chi connectivity index (χ0) is 16.2. The topological polar surface area (TPSA) is 125 Å². The summed E-state index contributed by atoms with van der Waals surface area (Å²) in [5, 5.41) is 2.69. The van der Waals surface area contributed by atoms with Gasteiger partial charge in [-0.05, 0) is 37.6 Å². The first-order chi connectivity index (χ1) is 9.72. The molecule has 0 aromatic heterocycles. The van der Waals surface area contributed by atoms with E-state index in [-0.39, 0.29) is 0 Å². The molecule has 1 rings (SSSR count). The Labute approximate surface area is 126 Å². The van der Waals surface area contributed by atoms with Crippen molar-refractivity contribution < 1.29 is 19.1 Å². The molecular weight excluding hydrogens is 298 g/mol. The van der Waals surface area contributed by atoms with E-state index in [4.69, 9.17) is 27.8 Å². The fourth-order valence-corrected chi connectivity index (χ4v) is 1.61. The summed E-state index contributed by atoms with van der Waals surface area (Å²) in [7, 11) is 0. The van der Waals surface area contributed by atoms with Crippen molar-refractivity contribution in [3.63, 3.8) is 0 Å². The van der Waals surface area contributed by atoms with Gasteiger partial charge in [-0.15, -0.1) is 0 Å². The van der Waals surface area contributed by atoms with E-state index in [0.717, 1.165) is 5.56 Å². The Morgan fingerprint density at radius 2 is 1.81 bits per heavy atom. The van der Waals surface area contributed by atoms with Gasteiger partial charge in [-0.1, -0.05) is 11.6 Å². The molecule has 0 aliphatic rings. The SMILES string of the molecule is Cc1cc(O[C@H](C)C(=O)NC(C(N)=O)C(N)=O)ccc1Cl. The summed E-state index contributed by atoms with van der Waals surface area (Å²) in [6.45, 7) is 3.24. The van der Waals surface area contributed by atoms with Crippen LogP contribution in [0.5, 0.6) is 5.75 Å². The first-order valence-electron chi connectivity index (χ1n) is 6.04. The van der Waals surface area contributed by atoms with E-state index >= 15 is 0 Å². The molecule has 21 heavy (non-hydrogen) atoms. The van der Waals surface area contributed by atoms with Crippen LogP contribution in [0.2, 0.25) is 5.02 Å². The second-order valence-electron chi connectivity index (χ2n) is 4.42. The minimum Gasteiger partial charge on any atom is -0.481 e. The molecule has 0 heterocycles. The maximum absolute atomic E-state index is 11.8. The first kappa shape index (κ1) is 16.8. The number of carbonyl (C=O) groups excluding carboxylic acids is 3. The van der Waals surface area contributed by atoms with Gasteiger partial charge >= 0.3 is 0 Å². The smallest absolute Gasteiger partial charge is 0.261 e. The minimum absolute atomic E-state index is 0.425. The number of nitrogens with two attached hydrogens (primary N) is 2. The highest BCUT2D eigenvalue weighted by Crippen LogP contribution is 2.21. The van der Waals surface area contributed by atoms with Crippen LogP contribution in [-0.4, -0.2) is 29.9 Å². The molecule has 0 aliphatic heterocycles. The third-order valence-corrected chi connectivity index (χ3v) is 3.09. The summed E-state index contributed by atoms with van der Waals surface area (Å²) in [5.41, 5.74) is 10.7. The summed E-state index contributed by atoms with van der Waals surface area (Å²) in [5.74, 6) is -2.34. The molecule has 0 fully saturated rings. The van der Waals surface area contributed by atoms with Gasteiger partial charge < -0.3 is 21.5 Å². The number of rotatable bonds is 6. The van der Waals surface area contributed by atoms with Crippen molar-refractivity contribution in [1.29, 1.82) is 0 Å². The number of ether oxygens (including phenoxy) is 1. The summed E-state index contributed by atoms with van der Waals surface area (Å²) in [4.78, 5) is 33.8. The average Bonchev–Trinajstić information content (AvgIpc) is 2.39. The summed E-state index contributed by atoms with van der Waals surface area (Å²) in [6, 6.07) is 3.31. The Kier molecular flexibility index (Phi) is 5.54. The number of hydrogen-bond acceptors (Lipinski definition) is 4. The summed E-state index contributed by atoms with van der Waals surface area (Å²) >= 11 is 5.88. The Morgan fingerprint density at radius 3 is 2.29 bits per heavy atom. The lowest BCUT2D eigenvalue weighted by Gasteiger charge is -2.18. The Balaban J connectivity index is 2.72. The lowest BCUT2D eigenvalue weighted by molar-refractivity contribution is -0.136. The van der Waals surface area contributed by atoms with Crippen LogP contribution in [0, 0.1) is 6.92 Å². The molecule has 114 valence electrons. The van der Waals surface area contributed by atoms with E-state index < -0.39 is 29.9 Å². The first-order valence-corrected chi connectivity index (χ1v) is 6.42. The van der Waals surface area contributed by atoms with Gasteiger partial charge in [-0.2, -0.15) is 0 Å². The highest BCUT2D eigenvalue weighted by molar-refractivity contribution is 6.31. The van der Waals surface area contributed by atoms with Gasteiger partial charge in [0.15, 0.2) is 12.1 Å². The third-order valence-electron chi connectivity index (χ3n) is 2.67. The average molecular weight is 314 g/mol. The highest BCUT2D eigenvalue weighted by Gasteiger charge is 2.26. The molecule has 1 aromatic carbocycles. The molecule has 0 saturated heterocycles. The van der Waals surface area contributed by atoms with Gasteiger partial charge in [0.25, 0.3) is 5.91 Å².